The highest BCUT2D eigenvalue weighted by molar-refractivity contribution is 5.89. The molecule has 2 aromatic heterocycles. The van der Waals surface area contributed by atoms with E-state index in [2.05, 4.69) is 15.0 Å². The summed E-state index contributed by atoms with van der Waals surface area (Å²) >= 11 is 0. The number of aromatic nitrogens is 3. The van der Waals surface area contributed by atoms with Gasteiger partial charge in [0.15, 0.2) is 0 Å². The molecule has 116 valence electrons. The molecule has 0 aliphatic carbocycles. The van der Waals surface area contributed by atoms with Crippen molar-refractivity contribution in [2.45, 2.75) is 26.3 Å². The quantitative estimate of drug-likeness (QED) is 0.928. The van der Waals surface area contributed by atoms with Crippen molar-refractivity contribution in [3.05, 3.63) is 46.5 Å². The Balaban J connectivity index is 1.76. The topological polar surface area (TPSA) is 71.2 Å². The molecule has 6 heteroatoms. The molecule has 0 amide bonds. The summed E-state index contributed by atoms with van der Waals surface area (Å²) in [6, 6.07) is 1.80. The first-order chi connectivity index (χ1) is 10.5. The van der Waals surface area contributed by atoms with E-state index in [9.17, 15) is 9.90 Å². The van der Waals surface area contributed by atoms with Crippen LogP contribution in [0, 0.1) is 6.92 Å². The monoisotopic (exact) mass is 300 g/mol. The summed E-state index contributed by atoms with van der Waals surface area (Å²) in [4.78, 5) is 18.1. The van der Waals surface area contributed by atoms with Gasteiger partial charge in [-0.15, -0.1) is 0 Å². The fourth-order valence-corrected chi connectivity index (χ4v) is 2.97. The highest BCUT2D eigenvalue weighted by Crippen LogP contribution is 2.19. The fourth-order valence-electron chi connectivity index (χ4n) is 2.97. The van der Waals surface area contributed by atoms with Gasteiger partial charge in [-0.1, -0.05) is 0 Å². The van der Waals surface area contributed by atoms with Crippen LogP contribution in [0.4, 0.5) is 0 Å². The van der Waals surface area contributed by atoms with Gasteiger partial charge in [0.25, 0.3) is 0 Å². The first-order valence-electron chi connectivity index (χ1n) is 7.45. The summed E-state index contributed by atoms with van der Waals surface area (Å²) in [5.74, 6) is -0.899. The fraction of sp³-hybridized carbons (Fsp3) is 0.438. The number of rotatable bonds is 3. The predicted molar refractivity (Wildman–Crippen MR) is 81.8 cm³/mol. The van der Waals surface area contributed by atoms with Crippen LogP contribution in [0.15, 0.2) is 18.5 Å². The summed E-state index contributed by atoms with van der Waals surface area (Å²) in [7, 11) is 1.92. The second-order valence-electron chi connectivity index (χ2n) is 5.83. The summed E-state index contributed by atoms with van der Waals surface area (Å²) in [5.41, 5.74) is 4.23. The van der Waals surface area contributed by atoms with E-state index in [1.807, 2.05) is 24.1 Å². The largest absolute Gasteiger partial charge is 0.478 e. The number of carboxylic acid groups (broad SMARTS) is 1. The molecule has 0 saturated heterocycles. The van der Waals surface area contributed by atoms with E-state index in [0.717, 1.165) is 43.7 Å². The van der Waals surface area contributed by atoms with E-state index < -0.39 is 5.97 Å². The number of nitrogens with zero attached hydrogens (tertiary/aromatic N) is 4. The zero-order valence-electron chi connectivity index (χ0n) is 12.9. The van der Waals surface area contributed by atoms with E-state index in [1.54, 1.807) is 13.0 Å². The summed E-state index contributed by atoms with van der Waals surface area (Å²) in [6.07, 6.45) is 5.62. The molecule has 1 aliphatic rings. The van der Waals surface area contributed by atoms with E-state index in [0.29, 0.717) is 11.3 Å². The molecule has 2 aromatic rings. The highest BCUT2D eigenvalue weighted by Gasteiger charge is 2.19. The molecular formula is C16H20N4O2. The lowest BCUT2D eigenvalue weighted by Crippen LogP contribution is -2.25. The van der Waals surface area contributed by atoms with E-state index in [1.165, 1.54) is 5.56 Å². The molecule has 3 heterocycles. The third-order valence-corrected chi connectivity index (χ3v) is 4.14. The molecule has 6 nitrogen and oxygen atoms in total. The van der Waals surface area contributed by atoms with Gasteiger partial charge in [-0.25, -0.2) is 4.79 Å². The number of carbonyl (C=O) groups is 1. The Bertz CT molecular complexity index is 708. The molecular weight excluding hydrogens is 280 g/mol. The summed E-state index contributed by atoms with van der Waals surface area (Å²) in [5, 5.41) is 13.4. The average Bonchev–Trinajstić information content (AvgIpc) is 2.77. The van der Waals surface area contributed by atoms with Crippen LogP contribution >= 0.6 is 0 Å². The van der Waals surface area contributed by atoms with Crippen LogP contribution in [0.1, 0.15) is 32.9 Å². The zero-order valence-corrected chi connectivity index (χ0v) is 12.9. The zero-order chi connectivity index (χ0) is 15.7. The van der Waals surface area contributed by atoms with Gasteiger partial charge in [-0.2, -0.15) is 5.10 Å². The van der Waals surface area contributed by atoms with E-state index in [-0.39, 0.29) is 0 Å². The van der Waals surface area contributed by atoms with Crippen molar-refractivity contribution in [2.24, 2.45) is 7.05 Å². The molecule has 1 N–H and O–H groups in total. The van der Waals surface area contributed by atoms with Gasteiger partial charge in [-0.3, -0.25) is 14.6 Å². The van der Waals surface area contributed by atoms with Crippen LogP contribution in [0.25, 0.3) is 0 Å². The van der Waals surface area contributed by atoms with Gasteiger partial charge >= 0.3 is 5.97 Å². The molecule has 3 rings (SSSR count). The van der Waals surface area contributed by atoms with Crippen molar-refractivity contribution in [3.8, 4) is 0 Å². The third kappa shape index (κ3) is 3.01. The molecule has 0 fully saturated rings. The van der Waals surface area contributed by atoms with Crippen LogP contribution < -0.4 is 0 Å². The first kappa shape index (κ1) is 14.7. The molecule has 0 saturated carbocycles. The molecule has 0 aromatic carbocycles. The van der Waals surface area contributed by atoms with Crippen molar-refractivity contribution in [1.29, 1.82) is 0 Å². The molecule has 0 radical (unpaired) electrons. The minimum atomic E-state index is -0.899. The van der Waals surface area contributed by atoms with Gasteiger partial charge in [0.05, 0.1) is 17.5 Å². The Kier molecular flexibility index (Phi) is 3.94. The lowest BCUT2D eigenvalue weighted by molar-refractivity contribution is 0.0695. The normalized spacial score (nSPS) is 15.4. The number of pyridine rings is 1. The Hall–Kier alpha value is -2.21. The minimum Gasteiger partial charge on any atom is -0.478 e. The number of carboxylic acids is 1. The van der Waals surface area contributed by atoms with Crippen molar-refractivity contribution in [3.63, 3.8) is 0 Å². The van der Waals surface area contributed by atoms with Gasteiger partial charge in [0, 0.05) is 50.6 Å². The maximum atomic E-state index is 11.2. The molecule has 22 heavy (non-hydrogen) atoms. The SMILES string of the molecule is Cc1nc2c(cc1C(=O)O)CCN(Cc1cnn(C)c1)CC2. The van der Waals surface area contributed by atoms with Crippen LogP contribution in [-0.4, -0.2) is 43.8 Å². The van der Waals surface area contributed by atoms with Gasteiger partial charge in [-0.05, 0) is 25.0 Å². The lowest BCUT2D eigenvalue weighted by Gasteiger charge is -2.18. The van der Waals surface area contributed by atoms with Crippen LogP contribution in [0.5, 0.6) is 0 Å². The standard InChI is InChI=1S/C16H20N4O2/c1-11-14(16(21)22)7-13-3-5-20(6-4-15(13)18-11)10-12-8-17-19(2)9-12/h7-9H,3-6,10H2,1-2H3,(H,21,22). The molecule has 0 bridgehead atoms. The predicted octanol–water partition coefficient (Wildman–Crippen LogP) is 1.42. The van der Waals surface area contributed by atoms with Crippen molar-refractivity contribution in [2.75, 3.05) is 13.1 Å². The van der Waals surface area contributed by atoms with Crippen molar-refractivity contribution in [1.82, 2.24) is 19.7 Å². The Morgan fingerprint density at radius 3 is 2.82 bits per heavy atom. The van der Waals surface area contributed by atoms with Gasteiger partial charge in [0.1, 0.15) is 0 Å². The Labute approximate surface area is 129 Å². The second kappa shape index (κ2) is 5.88. The smallest absolute Gasteiger partial charge is 0.337 e. The van der Waals surface area contributed by atoms with Crippen molar-refractivity contribution >= 4 is 5.97 Å². The maximum absolute atomic E-state index is 11.2. The van der Waals surface area contributed by atoms with Gasteiger partial charge < -0.3 is 5.11 Å². The van der Waals surface area contributed by atoms with Crippen LogP contribution in [-0.2, 0) is 26.4 Å². The van der Waals surface area contributed by atoms with Crippen LogP contribution in [0.2, 0.25) is 0 Å². The minimum absolute atomic E-state index is 0.319. The maximum Gasteiger partial charge on any atom is 0.337 e. The third-order valence-electron chi connectivity index (χ3n) is 4.14. The number of fused-ring (bicyclic) bond motifs is 1. The van der Waals surface area contributed by atoms with Crippen molar-refractivity contribution < 1.29 is 9.90 Å². The molecule has 0 atom stereocenters. The van der Waals surface area contributed by atoms with E-state index in [4.69, 9.17) is 0 Å². The molecule has 1 aliphatic heterocycles. The first-order valence-corrected chi connectivity index (χ1v) is 7.45. The summed E-state index contributed by atoms with van der Waals surface area (Å²) < 4.78 is 1.81. The highest BCUT2D eigenvalue weighted by atomic mass is 16.4. The lowest BCUT2D eigenvalue weighted by atomic mass is 10.0. The number of aromatic carboxylic acids is 1. The number of hydrogen-bond acceptors (Lipinski definition) is 4. The molecule has 0 spiro atoms. The number of aryl methyl sites for hydroxylation is 2. The Morgan fingerprint density at radius 1 is 1.36 bits per heavy atom. The molecule has 0 unspecified atom stereocenters. The van der Waals surface area contributed by atoms with Crippen LogP contribution in [0.3, 0.4) is 0 Å². The number of hydrogen-bond donors (Lipinski definition) is 1. The average molecular weight is 300 g/mol. The second-order valence-corrected chi connectivity index (χ2v) is 5.83. The van der Waals surface area contributed by atoms with E-state index >= 15 is 0 Å². The Morgan fingerprint density at radius 2 is 2.14 bits per heavy atom. The summed E-state index contributed by atoms with van der Waals surface area (Å²) in [6.45, 7) is 4.47. The van der Waals surface area contributed by atoms with Gasteiger partial charge in [0.2, 0.25) is 0 Å².